The number of anilines is 1. The third-order valence-corrected chi connectivity index (χ3v) is 8.83. The lowest BCUT2D eigenvalue weighted by molar-refractivity contribution is -0.123. The van der Waals surface area contributed by atoms with Gasteiger partial charge in [-0.2, -0.15) is 0 Å². The van der Waals surface area contributed by atoms with E-state index in [1.165, 1.54) is 37.8 Å². The zero-order chi connectivity index (χ0) is 23.8. The minimum atomic E-state index is -0.259. The third-order valence-electron chi connectivity index (χ3n) is 8.83. The molecule has 8 heteroatoms. The van der Waals surface area contributed by atoms with Crippen LogP contribution >= 0.6 is 0 Å². The van der Waals surface area contributed by atoms with Crippen molar-refractivity contribution < 1.29 is 18.4 Å². The quantitative estimate of drug-likeness (QED) is 0.638. The van der Waals surface area contributed by atoms with Gasteiger partial charge in [0.25, 0.3) is 0 Å². The molecule has 3 aliphatic heterocycles. The summed E-state index contributed by atoms with van der Waals surface area (Å²) in [6, 6.07) is 4.92. The standard InChI is InChI=1S/C27H37FN4O3/c28-20-3-7-25-23(17-20)27(30-35-25)32-13-11-31(12-14-32)10-9-18-1-4-21(5-2-18)29-26(33)16-19-15-22-6-8-24(19)34-22/h3,7,17-19,21-22,24H,1-2,4-6,8-16H2,(H,29,33)/t18?,19-,21?,22-,24+/m0/s1. The second kappa shape index (κ2) is 10.1. The second-order valence-electron chi connectivity index (χ2n) is 11.1. The van der Waals surface area contributed by atoms with Crippen molar-refractivity contribution in [1.29, 1.82) is 0 Å². The van der Waals surface area contributed by atoms with Crippen molar-refractivity contribution in [3.63, 3.8) is 0 Å². The van der Waals surface area contributed by atoms with Crippen LogP contribution in [0.5, 0.6) is 0 Å². The Bertz CT molecular complexity index is 1030. The molecule has 2 aromatic rings. The van der Waals surface area contributed by atoms with Crippen LogP contribution in [0.4, 0.5) is 10.2 Å². The van der Waals surface area contributed by atoms with E-state index in [0.717, 1.165) is 75.5 Å². The molecule has 190 valence electrons. The maximum absolute atomic E-state index is 13.7. The normalized spacial score (nSPS) is 31.3. The first-order valence-electron chi connectivity index (χ1n) is 13.6. The molecule has 4 fully saturated rings. The topological polar surface area (TPSA) is 70.8 Å². The molecule has 1 aromatic carbocycles. The van der Waals surface area contributed by atoms with E-state index < -0.39 is 0 Å². The third kappa shape index (κ3) is 5.19. The van der Waals surface area contributed by atoms with Crippen LogP contribution in [0.1, 0.15) is 57.8 Å². The number of nitrogens with one attached hydrogen (secondary N) is 1. The summed E-state index contributed by atoms with van der Waals surface area (Å²) in [5, 5.41) is 8.27. The number of fused-ring (bicyclic) bond motifs is 3. The lowest BCUT2D eigenvalue weighted by Gasteiger charge is -2.36. The molecule has 3 saturated heterocycles. The fraction of sp³-hybridized carbons (Fsp3) is 0.704. The van der Waals surface area contributed by atoms with Crippen LogP contribution in [0.3, 0.4) is 0 Å². The number of hydrogen-bond acceptors (Lipinski definition) is 6. The largest absolute Gasteiger partial charge is 0.375 e. The molecule has 2 bridgehead atoms. The highest BCUT2D eigenvalue weighted by atomic mass is 19.1. The number of carbonyl (C=O) groups excluding carboxylic acids is 1. The number of carbonyl (C=O) groups is 1. The van der Waals surface area contributed by atoms with Gasteiger partial charge in [0.2, 0.25) is 5.91 Å². The highest BCUT2D eigenvalue weighted by Crippen LogP contribution is 2.40. The van der Waals surface area contributed by atoms with E-state index in [2.05, 4.69) is 20.3 Å². The van der Waals surface area contributed by atoms with Crippen LogP contribution in [-0.2, 0) is 9.53 Å². The highest BCUT2D eigenvalue weighted by Gasteiger charge is 2.41. The second-order valence-corrected chi connectivity index (χ2v) is 11.1. The van der Waals surface area contributed by atoms with Gasteiger partial charge in [-0.25, -0.2) is 4.39 Å². The number of amides is 1. The fourth-order valence-electron chi connectivity index (χ4n) is 6.75. The summed E-state index contributed by atoms with van der Waals surface area (Å²) in [5.74, 6) is 1.92. The number of nitrogens with zero attached hydrogens (tertiary/aromatic N) is 3. The monoisotopic (exact) mass is 484 g/mol. The molecule has 7 nitrogen and oxygen atoms in total. The number of ether oxygens (including phenoxy) is 1. The van der Waals surface area contributed by atoms with E-state index in [0.29, 0.717) is 36.2 Å². The van der Waals surface area contributed by atoms with Crippen LogP contribution in [0.2, 0.25) is 0 Å². The number of benzene rings is 1. The van der Waals surface area contributed by atoms with Crippen LogP contribution < -0.4 is 10.2 Å². The lowest BCUT2D eigenvalue weighted by Crippen LogP contribution is -2.47. The summed E-state index contributed by atoms with van der Waals surface area (Å²) in [5.41, 5.74) is 0.634. The van der Waals surface area contributed by atoms with Crippen molar-refractivity contribution >= 4 is 22.7 Å². The van der Waals surface area contributed by atoms with Crippen molar-refractivity contribution in [2.24, 2.45) is 11.8 Å². The van der Waals surface area contributed by atoms with Gasteiger partial charge in [0.15, 0.2) is 11.4 Å². The fourth-order valence-corrected chi connectivity index (χ4v) is 6.75. The number of aromatic nitrogens is 1. The number of rotatable bonds is 7. The summed E-state index contributed by atoms with van der Waals surface area (Å²) in [6.07, 6.45) is 10.6. The molecule has 6 rings (SSSR count). The Kier molecular flexibility index (Phi) is 6.67. The Hall–Kier alpha value is -2.19. The average molecular weight is 485 g/mol. The van der Waals surface area contributed by atoms with Gasteiger partial charge in [-0.05, 0) is 87.9 Å². The van der Waals surface area contributed by atoms with Gasteiger partial charge in [0.1, 0.15) is 5.82 Å². The average Bonchev–Trinajstić information content (AvgIpc) is 3.60. The van der Waals surface area contributed by atoms with E-state index in [1.54, 1.807) is 6.07 Å². The van der Waals surface area contributed by atoms with Crippen LogP contribution in [-0.4, -0.2) is 66.9 Å². The Morgan fingerprint density at radius 2 is 1.91 bits per heavy atom. The van der Waals surface area contributed by atoms with Crippen molar-refractivity contribution in [3.05, 3.63) is 24.0 Å². The molecule has 0 unspecified atom stereocenters. The van der Waals surface area contributed by atoms with Crippen molar-refractivity contribution in [3.8, 4) is 0 Å². The molecule has 4 aliphatic rings. The Balaban J connectivity index is 0.893. The minimum Gasteiger partial charge on any atom is -0.375 e. The molecule has 3 atom stereocenters. The minimum absolute atomic E-state index is 0.232. The van der Waals surface area contributed by atoms with Gasteiger partial charge in [-0.3, -0.25) is 9.69 Å². The number of hydrogen-bond donors (Lipinski definition) is 1. The van der Waals surface area contributed by atoms with Gasteiger partial charge in [0.05, 0.1) is 17.6 Å². The van der Waals surface area contributed by atoms with E-state index >= 15 is 0 Å². The Labute approximate surface area is 206 Å². The van der Waals surface area contributed by atoms with Crippen molar-refractivity contribution in [2.75, 3.05) is 37.6 Å². The molecular formula is C27H37FN4O3. The Morgan fingerprint density at radius 1 is 1.09 bits per heavy atom. The van der Waals surface area contributed by atoms with Crippen LogP contribution in [0.15, 0.2) is 22.7 Å². The molecule has 1 amide bonds. The molecule has 0 spiro atoms. The molecule has 1 aliphatic carbocycles. The predicted molar refractivity (Wildman–Crippen MR) is 132 cm³/mol. The maximum atomic E-state index is 13.7. The number of piperazine rings is 1. The first-order valence-corrected chi connectivity index (χ1v) is 13.6. The van der Waals surface area contributed by atoms with E-state index in [9.17, 15) is 9.18 Å². The van der Waals surface area contributed by atoms with Gasteiger partial charge in [-0.15, -0.1) is 0 Å². The van der Waals surface area contributed by atoms with E-state index in [4.69, 9.17) is 9.26 Å². The summed E-state index contributed by atoms with van der Waals surface area (Å²) in [6.45, 7) is 4.85. The van der Waals surface area contributed by atoms with Crippen molar-refractivity contribution in [1.82, 2.24) is 15.4 Å². The molecule has 35 heavy (non-hydrogen) atoms. The van der Waals surface area contributed by atoms with Crippen molar-refractivity contribution in [2.45, 2.75) is 76.0 Å². The zero-order valence-corrected chi connectivity index (χ0v) is 20.5. The van der Waals surface area contributed by atoms with Gasteiger partial charge in [0, 0.05) is 38.6 Å². The lowest BCUT2D eigenvalue weighted by atomic mass is 9.83. The maximum Gasteiger partial charge on any atom is 0.220 e. The summed E-state index contributed by atoms with van der Waals surface area (Å²) >= 11 is 0. The van der Waals surface area contributed by atoms with Crippen LogP contribution in [0.25, 0.3) is 11.0 Å². The summed E-state index contributed by atoms with van der Waals surface area (Å²) < 4.78 is 25.0. The van der Waals surface area contributed by atoms with Gasteiger partial charge >= 0.3 is 0 Å². The van der Waals surface area contributed by atoms with Crippen LogP contribution in [0, 0.1) is 17.7 Å². The summed E-state index contributed by atoms with van der Waals surface area (Å²) in [4.78, 5) is 17.3. The molecule has 0 radical (unpaired) electrons. The smallest absolute Gasteiger partial charge is 0.220 e. The van der Waals surface area contributed by atoms with E-state index in [1.807, 2.05) is 0 Å². The predicted octanol–water partition coefficient (Wildman–Crippen LogP) is 4.11. The molecule has 4 heterocycles. The highest BCUT2D eigenvalue weighted by molar-refractivity contribution is 5.88. The molecule has 1 N–H and O–H groups in total. The van der Waals surface area contributed by atoms with E-state index in [-0.39, 0.29) is 11.7 Å². The molecule has 1 aromatic heterocycles. The zero-order valence-electron chi connectivity index (χ0n) is 20.5. The van der Waals surface area contributed by atoms with Gasteiger partial charge < -0.3 is 19.5 Å². The van der Waals surface area contributed by atoms with Gasteiger partial charge in [-0.1, -0.05) is 5.16 Å². The summed E-state index contributed by atoms with van der Waals surface area (Å²) in [7, 11) is 0. The Morgan fingerprint density at radius 3 is 2.66 bits per heavy atom. The SMILES string of the molecule is O=C(C[C@@H]1C[C@@H]2CC[C@H]1O2)NC1CCC(CCN2CCN(c3noc4ccc(F)cc34)CC2)CC1. The number of halogens is 1. The first-order chi connectivity index (χ1) is 17.1. The molecular weight excluding hydrogens is 447 g/mol. The first kappa shape index (κ1) is 23.2. The molecule has 1 saturated carbocycles.